The fourth-order valence-electron chi connectivity index (χ4n) is 2.02. The van der Waals surface area contributed by atoms with Gasteiger partial charge in [0.1, 0.15) is 0 Å². The van der Waals surface area contributed by atoms with E-state index in [4.69, 9.17) is 0 Å². The molecule has 1 aliphatic heterocycles. The third-order valence-electron chi connectivity index (χ3n) is 2.35. The molecule has 0 aromatic carbocycles. The van der Waals surface area contributed by atoms with Crippen LogP contribution >= 0.6 is 0 Å². The minimum Gasteiger partial charge on any atom is -0.343 e. The number of hydrogen-bond acceptors (Lipinski definition) is 0. The highest BCUT2D eigenvalue weighted by molar-refractivity contribution is 5.43. The van der Waals surface area contributed by atoms with Gasteiger partial charge in [-0.05, 0) is 23.5 Å². The van der Waals surface area contributed by atoms with Gasteiger partial charge in [-0.15, -0.1) is 0 Å². The second-order valence-corrected chi connectivity index (χ2v) is 4.51. The molecule has 0 unspecified atom stereocenters. The minimum atomic E-state index is 0.334. The Kier molecular flexibility index (Phi) is 1.08. The third kappa shape index (κ3) is 0.907. The molecule has 0 saturated carbocycles. The smallest absolute Gasteiger partial charge is 0.0629 e. The molecule has 0 radical (unpaired) electrons. The topological polar surface area (TPSA) is 4.93 Å². The lowest BCUT2D eigenvalue weighted by molar-refractivity contribution is 0.586. The van der Waals surface area contributed by atoms with Crippen LogP contribution in [-0.2, 0) is 12.0 Å². The molecule has 0 N–H and O–H groups in total. The van der Waals surface area contributed by atoms with Crippen molar-refractivity contribution >= 4 is 0 Å². The Labute approximate surface area is 68.0 Å². The van der Waals surface area contributed by atoms with Crippen LogP contribution < -0.4 is 0 Å². The van der Waals surface area contributed by atoms with Crippen molar-refractivity contribution in [3.05, 3.63) is 23.0 Å². The molecule has 1 aliphatic rings. The van der Waals surface area contributed by atoms with Gasteiger partial charge in [0.15, 0.2) is 0 Å². The molecule has 0 spiro atoms. The fourth-order valence-corrected chi connectivity index (χ4v) is 2.02. The minimum absolute atomic E-state index is 0.334. The van der Waals surface area contributed by atoms with Gasteiger partial charge in [0.25, 0.3) is 0 Å². The Bertz CT molecular complexity index is 296. The van der Waals surface area contributed by atoms with Crippen LogP contribution in [0, 0.1) is 6.92 Å². The van der Waals surface area contributed by atoms with Crippen molar-refractivity contribution in [3.8, 4) is 0 Å². The van der Waals surface area contributed by atoms with Crippen LogP contribution in [0.4, 0.5) is 0 Å². The zero-order valence-corrected chi connectivity index (χ0v) is 7.73. The second-order valence-electron chi connectivity index (χ2n) is 4.51. The number of aryl methyl sites for hydroxylation is 1. The van der Waals surface area contributed by atoms with Crippen molar-refractivity contribution in [2.24, 2.45) is 0 Å². The lowest BCUT2D eigenvalue weighted by Gasteiger charge is -2.18. The molecule has 0 atom stereocenters. The molecule has 1 aromatic rings. The molecular weight excluding hydrogens is 134 g/mol. The molecule has 1 nitrogen and oxygen atoms in total. The van der Waals surface area contributed by atoms with E-state index < -0.39 is 0 Å². The van der Waals surface area contributed by atoms with Gasteiger partial charge in [-0.1, -0.05) is 20.8 Å². The first kappa shape index (κ1) is 6.96. The normalized spacial score (nSPS) is 14.9. The quantitative estimate of drug-likeness (QED) is 0.542. The number of nitrogens with zero attached hydrogens (tertiary/aromatic N) is 1. The highest BCUT2D eigenvalue weighted by Crippen LogP contribution is 2.36. The molecular formula is C10H15N. The van der Waals surface area contributed by atoms with E-state index in [-0.39, 0.29) is 0 Å². The van der Waals surface area contributed by atoms with Gasteiger partial charge in [0, 0.05) is 11.9 Å². The number of rotatable bonds is 0. The number of hydrogen-bond donors (Lipinski definition) is 0. The summed E-state index contributed by atoms with van der Waals surface area (Å²) in [4.78, 5) is 0. The van der Waals surface area contributed by atoms with Gasteiger partial charge in [-0.25, -0.2) is 0 Å². The number of aromatic nitrogens is 1. The van der Waals surface area contributed by atoms with Crippen LogP contribution in [0.5, 0.6) is 0 Å². The molecule has 0 fully saturated rings. The lowest BCUT2D eigenvalue weighted by Crippen LogP contribution is -2.12. The first-order chi connectivity index (χ1) is 5.00. The molecule has 60 valence electrons. The molecule has 0 amide bonds. The van der Waals surface area contributed by atoms with Gasteiger partial charge < -0.3 is 4.57 Å². The summed E-state index contributed by atoms with van der Waals surface area (Å²) in [6.45, 7) is 10.3. The summed E-state index contributed by atoms with van der Waals surface area (Å²) in [6.07, 6.45) is 2.26. The van der Waals surface area contributed by atoms with Gasteiger partial charge in [0.05, 0.1) is 6.54 Å². The van der Waals surface area contributed by atoms with E-state index in [1.807, 2.05) is 0 Å². The molecule has 1 aromatic heterocycles. The number of fused-ring (bicyclic) bond motifs is 1. The van der Waals surface area contributed by atoms with Crippen molar-refractivity contribution in [1.82, 2.24) is 4.57 Å². The summed E-state index contributed by atoms with van der Waals surface area (Å²) < 4.78 is 2.33. The third-order valence-corrected chi connectivity index (χ3v) is 2.35. The van der Waals surface area contributed by atoms with E-state index in [1.165, 1.54) is 12.1 Å². The van der Waals surface area contributed by atoms with Crippen LogP contribution in [-0.4, -0.2) is 4.57 Å². The largest absolute Gasteiger partial charge is 0.343 e. The Morgan fingerprint density at radius 2 is 2.00 bits per heavy atom. The fraction of sp³-hybridized carbons (Fsp3) is 0.600. The summed E-state index contributed by atoms with van der Waals surface area (Å²) in [5, 5.41) is 0. The predicted molar refractivity (Wildman–Crippen MR) is 47.0 cm³/mol. The van der Waals surface area contributed by atoms with Gasteiger partial charge in [-0.2, -0.15) is 0 Å². The second kappa shape index (κ2) is 1.71. The summed E-state index contributed by atoms with van der Waals surface area (Å²) in [5.74, 6) is 0. The van der Waals surface area contributed by atoms with E-state index in [0.717, 1.165) is 0 Å². The Balaban J connectivity index is 2.54. The summed E-state index contributed by atoms with van der Waals surface area (Å²) in [7, 11) is 0. The zero-order valence-electron chi connectivity index (χ0n) is 7.73. The summed E-state index contributed by atoms with van der Waals surface area (Å²) in [6, 6.07) is 0. The van der Waals surface area contributed by atoms with Gasteiger partial charge >= 0.3 is 0 Å². The molecule has 0 aliphatic carbocycles. The van der Waals surface area contributed by atoms with Crippen LogP contribution in [0.2, 0.25) is 0 Å². The summed E-state index contributed by atoms with van der Waals surface area (Å²) in [5.41, 5.74) is 4.91. The van der Waals surface area contributed by atoms with E-state index in [0.29, 0.717) is 5.41 Å². The SMILES string of the molecule is Cc1cn2c(c1C(C)(C)C)C2. The van der Waals surface area contributed by atoms with Crippen molar-refractivity contribution < 1.29 is 0 Å². The average molecular weight is 149 g/mol. The van der Waals surface area contributed by atoms with Crippen molar-refractivity contribution in [3.63, 3.8) is 0 Å². The van der Waals surface area contributed by atoms with Crippen molar-refractivity contribution in [2.45, 2.75) is 39.7 Å². The van der Waals surface area contributed by atoms with E-state index in [1.54, 1.807) is 11.3 Å². The van der Waals surface area contributed by atoms with Gasteiger partial charge in [-0.3, -0.25) is 0 Å². The van der Waals surface area contributed by atoms with E-state index >= 15 is 0 Å². The first-order valence-corrected chi connectivity index (χ1v) is 4.19. The molecule has 2 rings (SSSR count). The maximum absolute atomic E-state index is 2.33. The van der Waals surface area contributed by atoms with Crippen LogP contribution in [0.3, 0.4) is 0 Å². The molecule has 1 heteroatoms. The Hall–Kier alpha value is -0.720. The highest BCUT2D eigenvalue weighted by Gasteiger charge is 2.30. The highest BCUT2D eigenvalue weighted by atomic mass is 15.1. The van der Waals surface area contributed by atoms with Crippen molar-refractivity contribution in [2.75, 3.05) is 0 Å². The van der Waals surface area contributed by atoms with E-state index in [9.17, 15) is 0 Å². The van der Waals surface area contributed by atoms with Crippen LogP contribution in [0.15, 0.2) is 6.20 Å². The standard InChI is InChI=1S/C10H15N/c1-7-5-11-6-8(11)9(7)10(2,3)4/h5H,6H2,1-4H3. The molecule has 0 saturated heterocycles. The monoisotopic (exact) mass is 149 g/mol. The maximum atomic E-state index is 2.33. The molecule has 11 heavy (non-hydrogen) atoms. The average Bonchev–Trinajstić information content (AvgIpc) is 2.38. The van der Waals surface area contributed by atoms with Gasteiger partial charge in [0.2, 0.25) is 0 Å². The zero-order chi connectivity index (χ0) is 8.22. The molecule has 2 heterocycles. The van der Waals surface area contributed by atoms with Crippen LogP contribution in [0.1, 0.15) is 37.6 Å². The Morgan fingerprint density at radius 3 is 2.27 bits per heavy atom. The lowest BCUT2D eigenvalue weighted by atomic mass is 9.85. The van der Waals surface area contributed by atoms with E-state index in [2.05, 4.69) is 38.5 Å². The Morgan fingerprint density at radius 1 is 1.36 bits per heavy atom. The summed E-state index contributed by atoms with van der Waals surface area (Å²) >= 11 is 0. The van der Waals surface area contributed by atoms with Crippen molar-refractivity contribution in [1.29, 1.82) is 0 Å². The maximum Gasteiger partial charge on any atom is 0.0629 e. The predicted octanol–water partition coefficient (Wildman–Crippen LogP) is 2.46. The first-order valence-electron chi connectivity index (χ1n) is 4.19. The molecule has 0 bridgehead atoms. The van der Waals surface area contributed by atoms with Crippen LogP contribution in [0.25, 0.3) is 0 Å².